The Morgan fingerprint density at radius 3 is 2.11 bits per heavy atom. The number of carbonyl (C=O) groups excluding carboxylic acids is 2. The predicted molar refractivity (Wildman–Crippen MR) is 174 cm³/mol. The van der Waals surface area contributed by atoms with Crippen LogP contribution in [0.4, 0.5) is 14.5 Å². The average molecular weight is 666 g/mol. The molecule has 4 aromatic carbocycles. The summed E-state index contributed by atoms with van der Waals surface area (Å²) >= 11 is 6.06. The molecule has 0 heterocycles. The molecule has 1 atom stereocenters. The van der Waals surface area contributed by atoms with Crippen molar-refractivity contribution in [2.75, 3.05) is 10.8 Å². The topological polar surface area (TPSA) is 86.8 Å². The van der Waals surface area contributed by atoms with E-state index in [4.69, 9.17) is 11.6 Å². The van der Waals surface area contributed by atoms with E-state index in [1.165, 1.54) is 47.4 Å². The van der Waals surface area contributed by atoms with Crippen molar-refractivity contribution < 1.29 is 26.8 Å². The van der Waals surface area contributed by atoms with Crippen molar-refractivity contribution in [3.05, 3.63) is 131 Å². The van der Waals surface area contributed by atoms with E-state index in [1.54, 1.807) is 18.2 Å². The largest absolute Gasteiger partial charge is 0.352 e. The standard InChI is InChI=1S/C35H34ClF2N3O4S/c36-31-22-29(19-20-32(31)38)41(46(44,45)30-13-5-2-6-14-30)24-34(42)40(23-26-15-17-27(37)18-16-26)33(21-25-9-3-1-4-10-25)35(43)39-28-11-7-8-12-28/h1-6,9-10,13-20,22,28,33H,7-8,11-12,21,23-24H2,(H,39,43). The van der Waals surface area contributed by atoms with Gasteiger partial charge in [-0.05, 0) is 66.4 Å². The van der Waals surface area contributed by atoms with Crippen LogP contribution in [0.1, 0.15) is 36.8 Å². The Morgan fingerprint density at radius 2 is 1.48 bits per heavy atom. The SMILES string of the molecule is O=C(NC1CCCC1)C(Cc1ccccc1)N(Cc1ccc(F)cc1)C(=O)CN(c1ccc(F)c(Cl)c1)S(=O)(=O)c1ccccc1. The van der Waals surface area contributed by atoms with Crippen molar-refractivity contribution in [2.45, 2.75) is 55.6 Å². The highest BCUT2D eigenvalue weighted by molar-refractivity contribution is 7.92. The van der Waals surface area contributed by atoms with Gasteiger partial charge in [0.1, 0.15) is 24.2 Å². The number of carbonyl (C=O) groups is 2. The van der Waals surface area contributed by atoms with Crippen molar-refractivity contribution in [1.82, 2.24) is 10.2 Å². The molecule has 0 radical (unpaired) electrons. The number of anilines is 1. The number of benzene rings is 4. The molecule has 2 amide bonds. The van der Waals surface area contributed by atoms with Crippen molar-refractivity contribution in [3.63, 3.8) is 0 Å². The van der Waals surface area contributed by atoms with Gasteiger partial charge in [0.15, 0.2) is 0 Å². The van der Waals surface area contributed by atoms with Gasteiger partial charge in [0.2, 0.25) is 11.8 Å². The third-order valence-corrected chi connectivity index (χ3v) is 10.1. The van der Waals surface area contributed by atoms with Crippen LogP contribution >= 0.6 is 11.6 Å². The molecule has 0 spiro atoms. The summed E-state index contributed by atoms with van der Waals surface area (Å²) in [6.07, 6.45) is 3.77. The minimum atomic E-state index is -4.36. The second-order valence-corrected chi connectivity index (χ2v) is 13.5. The third-order valence-electron chi connectivity index (χ3n) is 8.04. The van der Waals surface area contributed by atoms with Gasteiger partial charge in [-0.3, -0.25) is 13.9 Å². The second-order valence-electron chi connectivity index (χ2n) is 11.3. The molecule has 1 saturated carbocycles. The molecule has 0 aromatic heterocycles. The maximum absolute atomic E-state index is 14.5. The number of nitrogens with zero attached hydrogens (tertiary/aromatic N) is 2. The lowest BCUT2D eigenvalue weighted by Crippen LogP contribution is -2.54. The van der Waals surface area contributed by atoms with Gasteiger partial charge in [-0.1, -0.05) is 85.1 Å². The molecule has 7 nitrogen and oxygen atoms in total. The molecule has 5 rings (SSSR count). The summed E-state index contributed by atoms with van der Waals surface area (Å²) in [5.74, 6) is -2.27. The Morgan fingerprint density at radius 1 is 0.848 bits per heavy atom. The molecule has 1 fully saturated rings. The first-order valence-corrected chi connectivity index (χ1v) is 16.8. The van der Waals surface area contributed by atoms with Gasteiger partial charge in [0.05, 0.1) is 15.6 Å². The predicted octanol–water partition coefficient (Wildman–Crippen LogP) is 6.51. The number of rotatable bonds is 12. The van der Waals surface area contributed by atoms with Crippen molar-refractivity contribution in [3.8, 4) is 0 Å². The van der Waals surface area contributed by atoms with E-state index in [-0.39, 0.29) is 40.5 Å². The molecule has 240 valence electrons. The van der Waals surface area contributed by atoms with Crippen LogP contribution in [0.3, 0.4) is 0 Å². The van der Waals surface area contributed by atoms with Crippen LogP contribution in [0.15, 0.2) is 108 Å². The molecule has 0 saturated heterocycles. The van der Waals surface area contributed by atoms with E-state index in [1.807, 2.05) is 30.3 Å². The lowest BCUT2D eigenvalue weighted by Gasteiger charge is -2.34. The summed E-state index contributed by atoms with van der Waals surface area (Å²) in [6, 6.07) is 24.6. The fraction of sp³-hybridized carbons (Fsp3) is 0.257. The Bertz CT molecular complexity index is 1750. The summed E-state index contributed by atoms with van der Waals surface area (Å²) in [5.41, 5.74) is 1.31. The van der Waals surface area contributed by atoms with Crippen LogP contribution in [-0.2, 0) is 32.6 Å². The monoisotopic (exact) mass is 665 g/mol. The number of halogens is 3. The Labute approximate surface area is 272 Å². The lowest BCUT2D eigenvalue weighted by molar-refractivity contribution is -0.140. The van der Waals surface area contributed by atoms with E-state index in [0.717, 1.165) is 47.7 Å². The molecule has 1 aliphatic rings. The number of hydrogen-bond donors (Lipinski definition) is 1. The van der Waals surface area contributed by atoms with Gasteiger partial charge in [0, 0.05) is 19.0 Å². The van der Waals surface area contributed by atoms with Gasteiger partial charge < -0.3 is 10.2 Å². The summed E-state index contributed by atoms with van der Waals surface area (Å²) in [6.45, 7) is -0.819. The smallest absolute Gasteiger partial charge is 0.264 e. The third kappa shape index (κ3) is 8.10. The average Bonchev–Trinajstić information content (AvgIpc) is 3.57. The molecule has 11 heteroatoms. The van der Waals surface area contributed by atoms with E-state index >= 15 is 0 Å². The number of sulfonamides is 1. The molecule has 1 unspecified atom stereocenters. The van der Waals surface area contributed by atoms with E-state index in [2.05, 4.69) is 5.32 Å². The van der Waals surface area contributed by atoms with Crippen molar-refractivity contribution in [1.29, 1.82) is 0 Å². The minimum absolute atomic E-state index is 0.0275. The van der Waals surface area contributed by atoms with Crippen LogP contribution in [0.2, 0.25) is 5.02 Å². The lowest BCUT2D eigenvalue weighted by atomic mass is 10.0. The molecule has 4 aromatic rings. The summed E-state index contributed by atoms with van der Waals surface area (Å²) in [4.78, 5) is 29.7. The minimum Gasteiger partial charge on any atom is -0.352 e. The number of hydrogen-bond acceptors (Lipinski definition) is 4. The summed E-state index contributed by atoms with van der Waals surface area (Å²) in [5, 5.41) is 2.78. The highest BCUT2D eigenvalue weighted by atomic mass is 35.5. The number of amides is 2. The molecular formula is C35H34ClF2N3O4S. The molecule has 0 bridgehead atoms. The fourth-order valence-corrected chi connectivity index (χ4v) is 7.20. The normalized spacial score (nSPS) is 14.1. The van der Waals surface area contributed by atoms with Gasteiger partial charge in [-0.15, -0.1) is 0 Å². The molecule has 46 heavy (non-hydrogen) atoms. The fourth-order valence-electron chi connectivity index (χ4n) is 5.60. The zero-order chi connectivity index (χ0) is 32.7. The Kier molecular flexibility index (Phi) is 10.7. The van der Waals surface area contributed by atoms with Crippen LogP contribution in [-0.4, -0.2) is 43.8 Å². The van der Waals surface area contributed by atoms with Gasteiger partial charge in [-0.2, -0.15) is 0 Å². The van der Waals surface area contributed by atoms with Crippen LogP contribution in [0, 0.1) is 11.6 Å². The zero-order valence-electron chi connectivity index (χ0n) is 25.0. The van der Waals surface area contributed by atoms with E-state index in [0.29, 0.717) is 5.56 Å². The van der Waals surface area contributed by atoms with Gasteiger partial charge in [0.25, 0.3) is 10.0 Å². The van der Waals surface area contributed by atoms with E-state index in [9.17, 15) is 26.8 Å². The second kappa shape index (κ2) is 14.9. The number of nitrogens with one attached hydrogen (secondary N) is 1. The maximum atomic E-state index is 14.5. The van der Waals surface area contributed by atoms with E-state index < -0.39 is 40.2 Å². The summed E-state index contributed by atoms with van der Waals surface area (Å²) < 4.78 is 56.9. The first-order valence-electron chi connectivity index (χ1n) is 15.0. The van der Waals surface area contributed by atoms with Gasteiger partial charge in [-0.25, -0.2) is 17.2 Å². The van der Waals surface area contributed by atoms with Gasteiger partial charge >= 0.3 is 0 Å². The Balaban J connectivity index is 1.57. The summed E-state index contributed by atoms with van der Waals surface area (Å²) in [7, 11) is -4.36. The van der Waals surface area contributed by atoms with Crippen LogP contribution in [0.25, 0.3) is 0 Å². The highest BCUT2D eigenvalue weighted by Crippen LogP contribution is 2.29. The first kappa shape index (κ1) is 33.1. The maximum Gasteiger partial charge on any atom is 0.264 e. The first-order chi connectivity index (χ1) is 22.1. The molecule has 0 aliphatic heterocycles. The molecule has 1 N–H and O–H groups in total. The van der Waals surface area contributed by atoms with Crippen LogP contribution < -0.4 is 9.62 Å². The zero-order valence-corrected chi connectivity index (χ0v) is 26.6. The molecular weight excluding hydrogens is 632 g/mol. The van der Waals surface area contributed by atoms with Crippen LogP contribution in [0.5, 0.6) is 0 Å². The highest BCUT2D eigenvalue weighted by Gasteiger charge is 2.35. The quantitative estimate of drug-likeness (QED) is 0.187. The molecule has 1 aliphatic carbocycles. The Hall–Kier alpha value is -4.28. The van der Waals surface area contributed by atoms with Crippen molar-refractivity contribution >= 4 is 39.1 Å². The van der Waals surface area contributed by atoms with Crippen molar-refractivity contribution in [2.24, 2.45) is 0 Å².